The number of halogens is 3. The maximum Gasteiger partial charge on any atom is 0.417 e. The molecule has 7 heteroatoms. The largest absolute Gasteiger partial charge is 0.508 e. The highest BCUT2D eigenvalue weighted by molar-refractivity contribution is 5.53. The second-order valence-electron chi connectivity index (χ2n) is 6.37. The molecule has 0 saturated heterocycles. The summed E-state index contributed by atoms with van der Waals surface area (Å²) in [6.45, 7) is 4.03. The molecule has 0 amide bonds. The van der Waals surface area contributed by atoms with Gasteiger partial charge in [0.05, 0.1) is 30.4 Å². The molecule has 0 saturated carbocycles. The quantitative estimate of drug-likeness (QED) is 0.501. The number of nitriles is 1. The first-order valence-corrected chi connectivity index (χ1v) is 9.46. The monoisotopic (exact) mass is 417 g/mol. The normalized spacial score (nSPS) is 10.9. The Kier molecular flexibility index (Phi) is 8.73. The SMILES string of the molecule is CCOCCOCCCc1cc(C#N)ccc1C#Cc1ccc(O)cc1C(F)(F)F. The van der Waals surface area contributed by atoms with E-state index in [-0.39, 0.29) is 5.56 Å². The van der Waals surface area contributed by atoms with Gasteiger partial charge in [0.25, 0.3) is 0 Å². The van der Waals surface area contributed by atoms with Gasteiger partial charge in [-0.1, -0.05) is 11.8 Å². The van der Waals surface area contributed by atoms with Gasteiger partial charge >= 0.3 is 6.18 Å². The third-order valence-corrected chi connectivity index (χ3v) is 4.19. The zero-order valence-electron chi connectivity index (χ0n) is 16.6. The van der Waals surface area contributed by atoms with Crippen LogP contribution in [0.3, 0.4) is 0 Å². The molecular weight excluding hydrogens is 395 g/mol. The molecule has 0 atom stereocenters. The molecule has 0 aromatic heterocycles. The number of phenols is 1. The van der Waals surface area contributed by atoms with Crippen LogP contribution in [0.25, 0.3) is 0 Å². The molecule has 0 fully saturated rings. The summed E-state index contributed by atoms with van der Waals surface area (Å²) in [5.74, 6) is 4.86. The van der Waals surface area contributed by atoms with Gasteiger partial charge in [-0.25, -0.2) is 0 Å². The van der Waals surface area contributed by atoms with Gasteiger partial charge in [-0.15, -0.1) is 0 Å². The van der Waals surface area contributed by atoms with Gasteiger partial charge in [-0.3, -0.25) is 0 Å². The second-order valence-corrected chi connectivity index (χ2v) is 6.37. The van der Waals surface area contributed by atoms with Crippen LogP contribution in [0.15, 0.2) is 36.4 Å². The number of alkyl halides is 3. The fourth-order valence-electron chi connectivity index (χ4n) is 2.73. The maximum absolute atomic E-state index is 13.2. The second kappa shape index (κ2) is 11.3. The average Bonchev–Trinajstić information content (AvgIpc) is 2.72. The lowest BCUT2D eigenvalue weighted by Crippen LogP contribution is -2.07. The molecule has 0 heterocycles. The van der Waals surface area contributed by atoms with Crippen LogP contribution in [0.5, 0.6) is 5.75 Å². The Morgan fingerprint density at radius 2 is 1.67 bits per heavy atom. The van der Waals surface area contributed by atoms with Crippen LogP contribution in [0.4, 0.5) is 13.2 Å². The number of aryl methyl sites for hydroxylation is 1. The number of nitrogens with zero attached hydrogens (tertiary/aromatic N) is 1. The summed E-state index contributed by atoms with van der Waals surface area (Å²) < 4.78 is 50.3. The molecule has 0 spiro atoms. The van der Waals surface area contributed by atoms with Crippen LogP contribution in [0.1, 0.15) is 41.2 Å². The predicted molar refractivity (Wildman–Crippen MR) is 106 cm³/mol. The van der Waals surface area contributed by atoms with Crippen molar-refractivity contribution >= 4 is 0 Å². The van der Waals surface area contributed by atoms with Crippen LogP contribution in [0, 0.1) is 23.2 Å². The summed E-state index contributed by atoms with van der Waals surface area (Å²) in [6, 6.07) is 9.91. The number of ether oxygens (including phenoxy) is 2. The molecule has 2 aromatic carbocycles. The van der Waals surface area contributed by atoms with Crippen molar-refractivity contribution in [1.82, 2.24) is 0 Å². The number of benzene rings is 2. The molecule has 1 N–H and O–H groups in total. The lowest BCUT2D eigenvalue weighted by Gasteiger charge is -2.09. The number of rotatable bonds is 8. The molecule has 0 radical (unpaired) electrons. The van der Waals surface area contributed by atoms with E-state index in [9.17, 15) is 18.3 Å². The minimum Gasteiger partial charge on any atom is -0.508 e. The Balaban J connectivity index is 2.19. The molecular formula is C23H22F3NO3. The molecule has 0 aliphatic rings. The molecule has 4 nitrogen and oxygen atoms in total. The van der Waals surface area contributed by atoms with Crippen molar-refractivity contribution in [1.29, 1.82) is 5.26 Å². The highest BCUT2D eigenvalue weighted by atomic mass is 19.4. The van der Waals surface area contributed by atoms with Crippen molar-refractivity contribution in [2.75, 3.05) is 26.4 Å². The van der Waals surface area contributed by atoms with E-state index < -0.39 is 17.5 Å². The van der Waals surface area contributed by atoms with E-state index >= 15 is 0 Å². The molecule has 0 aliphatic heterocycles. The summed E-state index contributed by atoms with van der Waals surface area (Å²) in [5, 5.41) is 18.5. The minimum absolute atomic E-state index is 0.227. The summed E-state index contributed by atoms with van der Waals surface area (Å²) in [6.07, 6.45) is -3.40. The fraction of sp³-hybridized carbons (Fsp3) is 0.348. The first-order chi connectivity index (χ1) is 14.3. The van der Waals surface area contributed by atoms with Crippen molar-refractivity contribution in [3.05, 3.63) is 64.2 Å². The Bertz CT molecular complexity index is 953. The van der Waals surface area contributed by atoms with E-state index in [1.165, 1.54) is 6.07 Å². The molecule has 0 unspecified atom stereocenters. The lowest BCUT2D eigenvalue weighted by molar-refractivity contribution is -0.137. The zero-order valence-corrected chi connectivity index (χ0v) is 16.6. The van der Waals surface area contributed by atoms with Gasteiger partial charge in [-0.2, -0.15) is 18.4 Å². The predicted octanol–water partition coefficient (Wildman–Crippen LogP) is 4.67. The fourth-order valence-corrected chi connectivity index (χ4v) is 2.73. The lowest BCUT2D eigenvalue weighted by atomic mass is 9.99. The molecule has 2 aromatic rings. The van der Waals surface area contributed by atoms with Crippen LogP contribution >= 0.6 is 0 Å². The minimum atomic E-state index is -4.63. The summed E-state index contributed by atoms with van der Waals surface area (Å²) in [4.78, 5) is 0. The van der Waals surface area contributed by atoms with Crippen molar-refractivity contribution in [3.8, 4) is 23.7 Å². The molecule has 158 valence electrons. The van der Waals surface area contributed by atoms with E-state index in [1.54, 1.807) is 18.2 Å². The van der Waals surface area contributed by atoms with Gasteiger partial charge < -0.3 is 14.6 Å². The van der Waals surface area contributed by atoms with Crippen molar-refractivity contribution in [2.45, 2.75) is 25.9 Å². The van der Waals surface area contributed by atoms with E-state index in [0.717, 1.165) is 11.6 Å². The Morgan fingerprint density at radius 1 is 0.967 bits per heavy atom. The number of hydrogen-bond acceptors (Lipinski definition) is 4. The third-order valence-electron chi connectivity index (χ3n) is 4.19. The molecule has 2 rings (SSSR count). The van der Waals surface area contributed by atoms with Gasteiger partial charge in [-0.05, 0) is 61.7 Å². The zero-order chi connectivity index (χ0) is 22.0. The summed E-state index contributed by atoms with van der Waals surface area (Å²) in [5.41, 5.74) is 0.544. The Morgan fingerprint density at radius 3 is 2.37 bits per heavy atom. The summed E-state index contributed by atoms with van der Waals surface area (Å²) in [7, 11) is 0. The number of aromatic hydroxyl groups is 1. The first-order valence-electron chi connectivity index (χ1n) is 9.46. The van der Waals surface area contributed by atoms with Gasteiger partial charge in [0.1, 0.15) is 5.75 Å². The van der Waals surface area contributed by atoms with Crippen LogP contribution in [0.2, 0.25) is 0 Å². The van der Waals surface area contributed by atoms with Crippen molar-refractivity contribution in [3.63, 3.8) is 0 Å². The van der Waals surface area contributed by atoms with E-state index in [4.69, 9.17) is 14.7 Å². The standard InChI is InChI=1S/C23H22F3NO3/c1-2-29-12-13-30-11-3-4-20-14-17(16-27)5-6-18(20)7-8-19-9-10-21(28)15-22(19)23(24,25)26/h5-6,9-10,14-15,28H,2-4,11-13H2,1H3. The molecule has 0 bridgehead atoms. The van der Waals surface area contributed by atoms with Crippen LogP contribution in [-0.2, 0) is 22.1 Å². The van der Waals surface area contributed by atoms with Crippen LogP contribution in [-0.4, -0.2) is 31.5 Å². The topological polar surface area (TPSA) is 62.5 Å². The number of hydrogen-bond donors (Lipinski definition) is 1. The van der Waals surface area contributed by atoms with E-state index in [0.29, 0.717) is 56.5 Å². The van der Waals surface area contributed by atoms with Crippen molar-refractivity contribution in [2.24, 2.45) is 0 Å². The van der Waals surface area contributed by atoms with E-state index in [1.807, 2.05) is 6.92 Å². The average molecular weight is 417 g/mol. The first kappa shape index (κ1) is 23.3. The van der Waals surface area contributed by atoms with Gasteiger partial charge in [0.15, 0.2) is 0 Å². The third kappa shape index (κ3) is 7.11. The smallest absolute Gasteiger partial charge is 0.417 e. The molecule has 30 heavy (non-hydrogen) atoms. The highest BCUT2D eigenvalue weighted by Crippen LogP contribution is 2.33. The van der Waals surface area contributed by atoms with Crippen molar-refractivity contribution < 1.29 is 27.8 Å². The van der Waals surface area contributed by atoms with E-state index in [2.05, 4.69) is 17.9 Å². The van der Waals surface area contributed by atoms with Gasteiger partial charge in [0, 0.05) is 24.3 Å². The Labute approximate surface area is 173 Å². The Hall–Kier alpha value is -3.00. The molecule has 0 aliphatic carbocycles. The number of phenolic OH excluding ortho intramolecular Hbond substituents is 1. The van der Waals surface area contributed by atoms with Gasteiger partial charge in [0.2, 0.25) is 0 Å². The van der Waals surface area contributed by atoms with Crippen LogP contribution < -0.4 is 0 Å². The highest BCUT2D eigenvalue weighted by Gasteiger charge is 2.33. The summed E-state index contributed by atoms with van der Waals surface area (Å²) >= 11 is 0. The maximum atomic E-state index is 13.2.